The van der Waals surface area contributed by atoms with Crippen LogP contribution in [0.3, 0.4) is 0 Å². The largest absolute Gasteiger partial charge is 0.478 e. The van der Waals surface area contributed by atoms with E-state index in [1.807, 2.05) is 19.9 Å². The van der Waals surface area contributed by atoms with Crippen LogP contribution in [0.4, 0.5) is 4.79 Å². The van der Waals surface area contributed by atoms with E-state index in [2.05, 4.69) is 0 Å². The van der Waals surface area contributed by atoms with Crippen molar-refractivity contribution >= 4 is 17.8 Å². The van der Waals surface area contributed by atoms with Gasteiger partial charge in [-0.05, 0) is 11.5 Å². The van der Waals surface area contributed by atoms with Crippen molar-refractivity contribution in [1.29, 1.82) is 0 Å². The Hall–Kier alpha value is -2.37. The van der Waals surface area contributed by atoms with E-state index in [0.29, 0.717) is 6.42 Å². The van der Waals surface area contributed by atoms with Gasteiger partial charge in [-0.1, -0.05) is 44.2 Å². The molecule has 0 aliphatic heterocycles. The third-order valence-corrected chi connectivity index (χ3v) is 3.46. The van der Waals surface area contributed by atoms with Crippen LogP contribution in [0.15, 0.2) is 30.3 Å². The Kier molecular flexibility index (Phi) is 7.95. The Morgan fingerprint density at radius 2 is 1.79 bits per heavy atom. The lowest BCUT2D eigenvalue weighted by Gasteiger charge is -2.20. The summed E-state index contributed by atoms with van der Waals surface area (Å²) >= 11 is 0. The maximum Gasteiger partial charge on any atom is 0.410 e. The first kappa shape index (κ1) is 19.7. The van der Waals surface area contributed by atoms with Crippen LogP contribution in [0.5, 0.6) is 0 Å². The van der Waals surface area contributed by atoms with E-state index in [1.165, 1.54) is 11.9 Å². The van der Waals surface area contributed by atoms with Crippen LogP contribution >= 0.6 is 0 Å². The molecule has 6 heteroatoms. The smallest absolute Gasteiger partial charge is 0.410 e. The SMILES string of the molecule is CC(C)CC(=O)CCN(C)C(=O)O[C@@H](Cc1ccccc1)C(=O)O. The molecule has 1 atom stereocenters. The molecule has 0 unspecified atom stereocenters. The fourth-order valence-electron chi connectivity index (χ4n) is 2.16. The van der Waals surface area contributed by atoms with Crippen molar-refractivity contribution in [2.24, 2.45) is 5.92 Å². The predicted octanol–water partition coefficient (Wildman–Crippen LogP) is 2.76. The molecule has 0 radical (unpaired) electrons. The zero-order valence-electron chi connectivity index (χ0n) is 14.4. The molecule has 0 spiro atoms. The lowest BCUT2D eigenvalue weighted by molar-refractivity contribution is -0.147. The molecule has 1 rings (SSSR count). The summed E-state index contributed by atoms with van der Waals surface area (Å²) in [7, 11) is 1.49. The number of amides is 1. The number of hydrogen-bond acceptors (Lipinski definition) is 4. The number of carbonyl (C=O) groups excluding carboxylic acids is 2. The minimum atomic E-state index is -1.26. The lowest BCUT2D eigenvalue weighted by Crippen LogP contribution is -2.36. The average molecular weight is 335 g/mol. The Bertz CT molecular complexity index is 556. The van der Waals surface area contributed by atoms with Crippen LogP contribution < -0.4 is 0 Å². The molecule has 0 aliphatic carbocycles. The molecule has 0 aromatic heterocycles. The van der Waals surface area contributed by atoms with Gasteiger partial charge in [0, 0.05) is 32.9 Å². The van der Waals surface area contributed by atoms with Crippen LogP contribution in [-0.4, -0.2) is 47.5 Å². The molecule has 0 bridgehead atoms. The van der Waals surface area contributed by atoms with E-state index in [1.54, 1.807) is 24.3 Å². The molecule has 0 fully saturated rings. The summed E-state index contributed by atoms with van der Waals surface area (Å²) in [5.74, 6) is -0.850. The third kappa shape index (κ3) is 7.26. The number of Topliss-reactive ketones (excluding diaryl/α,β-unsaturated/α-hetero) is 1. The second-order valence-corrected chi connectivity index (χ2v) is 6.21. The molecule has 1 aromatic rings. The zero-order chi connectivity index (χ0) is 18.1. The van der Waals surface area contributed by atoms with E-state index in [4.69, 9.17) is 4.74 Å². The summed E-state index contributed by atoms with van der Waals surface area (Å²) in [6, 6.07) is 8.97. The maximum absolute atomic E-state index is 12.0. The first-order valence-electron chi connectivity index (χ1n) is 7.99. The zero-order valence-corrected chi connectivity index (χ0v) is 14.4. The molecule has 0 saturated carbocycles. The van der Waals surface area contributed by atoms with Crippen molar-refractivity contribution in [3.8, 4) is 0 Å². The number of carboxylic acid groups (broad SMARTS) is 1. The summed E-state index contributed by atoms with van der Waals surface area (Å²) < 4.78 is 5.07. The first-order valence-corrected chi connectivity index (χ1v) is 7.99. The Labute approximate surface area is 142 Å². The summed E-state index contributed by atoms with van der Waals surface area (Å²) in [6.45, 7) is 4.12. The highest BCUT2D eigenvalue weighted by atomic mass is 16.6. The van der Waals surface area contributed by atoms with Crippen LogP contribution in [0, 0.1) is 5.92 Å². The summed E-state index contributed by atoms with van der Waals surface area (Å²) in [4.78, 5) is 36.2. The fourth-order valence-corrected chi connectivity index (χ4v) is 2.16. The number of benzene rings is 1. The van der Waals surface area contributed by atoms with Gasteiger partial charge < -0.3 is 14.7 Å². The molecular formula is C18H25NO5. The Morgan fingerprint density at radius 3 is 2.33 bits per heavy atom. The normalized spacial score (nSPS) is 11.8. The predicted molar refractivity (Wildman–Crippen MR) is 89.8 cm³/mol. The number of carbonyl (C=O) groups is 3. The maximum atomic E-state index is 12.0. The van der Waals surface area contributed by atoms with Gasteiger partial charge >= 0.3 is 12.1 Å². The number of ketones is 1. The van der Waals surface area contributed by atoms with Gasteiger partial charge in [0.05, 0.1) is 0 Å². The number of rotatable bonds is 9. The van der Waals surface area contributed by atoms with Crippen molar-refractivity contribution in [2.45, 2.75) is 39.2 Å². The molecule has 6 nitrogen and oxygen atoms in total. The molecule has 24 heavy (non-hydrogen) atoms. The van der Waals surface area contributed by atoms with Gasteiger partial charge in [-0.2, -0.15) is 0 Å². The van der Waals surface area contributed by atoms with Gasteiger partial charge in [-0.3, -0.25) is 4.79 Å². The van der Waals surface area contributed by atoms with Crippen molar-refractivity contribution < 1.29 is 24.2 Å². The van der Waals surface area contributed by atoms with Crippen LogP contribution in [0.1, 0.15) is 32.3 Å². The molecule has 0 aliphatic rings. The highest BCUT2D eigenvalue weighted by molar-refractivity contribution is 5.80. The van der Waals surface area contributed by atoms with E-state index in [0.717, 1.165) is 5.56 Å². The number of aliphatic carboxylic acids is 1. The Morgan fingerprint density at radius 1 is 1.17 bits per heavy atom. The molecule has 132 valence electrons. The lowest BCUT2D eigenvalue weighted by atomic mass is 10.1. The van der Waals surface area contributed by atoms with Crippen molar-refractivity contribution in [1.82, 2.24) is 4.90 Å². The monoisotopic (exact) mass is 335 g/mol. The standard InChI is InChI=1S/C18H25NO5/c1-13(2)11-15(20)9-10-19(3)18(23)24-16(17(21)22)12-14-7-5-4-6-8-14/h4-8,13,16H,9-12H2,1-3H3,(H,21,22)/t16-/m0/s1. The number of nitrogens with zero attached hydrogens (tertiary/aromatic N) is 1. The van der Waals surface area contributed by atoms with Gasteiger partial charge in [0.1, 0.15) is 5.78 Å². The van der Waals surface area contributed by atoms with Gasteiger partial charge in [-0.15, -0.1) is 0 Å². The molecule has 1 aromatic carbocycles. The third-order valence-electron chi connectivity index (χ3n) is 3.46. The van der Waals surface area contributed by atoms with Gasteiger partial charge in [0.25, 0.3) is 0 Å². The minimum Gasteiger partial charge on any atom is -0.478 e. The van der Waals surface area contributed by atoms with Gasteiger partial charge in [-0.25, -0.2) is 9.59 Å². The molecule has 1 amide bonds. The molecule has 0 heterocycles. The van der Waals surface area contributed by atoms with Gasteiger partial charge in [0.2, 0.25) is 6.10 Å². The number of carboxylic acids is 1. The van der Waals surface area contributed by atoms with Crippen molar-refractivity contribution in [3.05, 3.63) is 35.9 Å². The van der Waals surface area contributed by atoms with Crippen LogP contribution in [-0.2, 0) is 20.7 Å². The van der Waals surface area contributed by atoms with E-state index in [-0.39, 0.29) is 31.1 Å². The quantitative estimate of drug-likeness (QED) is 0.750. The molecule has 1 N–H and O–H groups in total. The minimum absolute atomic E-state index is 0.0729. The average Bonchev–Trinajstić information content (AvgIpc) is 2.52. The second kappa shape index (κ2) is 9.70. The van der Waals surface area contributed by atoms with E-state index < -0.39 is 18.2 Å². The fraction of sp³-hybridized carbons (Fsp3) is 0.500. The summed E-state index contributed by atoms with van der Waals surface area (Å²) in [5, 5.41) is 9.23. The van der Waals surface area contributed by atoms with Crippen molar-refractivity contribution in [3.63, 3.8) is 0 Å². The van der Waals surface area contributed by atoms with E-state index >= 15 is 0 Å². The number of ether oxygens (including phenoxy) is 1. The molecular weight excluding hydrogens is 310 g/mol. The summed E-state index contributed by atoms with van der Waals surface area (Å²) in [6.07, 6.45) is -1.19. The molecule has 0 saturated heterocycles. The second-order valence-electron chi connectivity index (χ2n) is 6.21. The van der Waals surface area contributed by atoms with Crippen LogP contribution in [0.25, 0.3) is 0 Å². The summed E-state index contributed by atoms with van der Waals surface area (Å²) in [5.41, 5.74) is 0.771. The highest BCUT2D eigenvalue weighted by Crippen LogP contribution is 2.09. The van der Waals surface area contributed by atoms with Crippen molar-refractivity contribution in [2.75, 3.05) is 13.6 Å². The van der Waals surface area contributed by atoms with Gasteiger partial charge in [0.15, 0.2) is 0 Å². The Balaban J connectivity index is 2.52. The highest BCUT2D eigenvalue weighted by Gasteiger charge is 2.24. The number of hydrogen-bond donors (Lipinski definition) is 1. The topological polar surface area (TPSA) is 83.9 Å². The van der Waals surface area contributed by atoms with Crippen LogP contribution in [0.2, 0.25) is 0 Å². The van der Waals surface area contributed by atoms with E-state index in [9.17, 15) is 19.5 Å². The first-order chi connectivity index (χ1) is 11.3.